The summed E-state index contributed by atoms with van der Waals surface area (Å²) in [7, 11) is 0. The largest absolute Gasteiger partial charge is 0.434 e. The molecule has 0 spiro atoms. The molecule has 1 aromatic heterocycles. The van der Waals surface area contributed by atoms with Crippen molar-refractivity contribution in [2.75, 3.05) is 5.32 Å². The molecule has 1 heterocycles. The molecule has 0 amide bonds. The smallest absolute Gasteiger partial charge is 0.388 e. The van der Waals surface area contributed by atoms with Crippen molar-refractivity contribution in [1.82, 2.24) is 10.2 Å². The summed E-state index contributed by atoms with van der Waals surface area (Å²) in [5, 5.41) is 8.17. The van der Waals surface area contributed by atoms with Crippen LogP contribution in [0.25, 0.3) is 11.5 Å². The monoisotopic (exact) mass is 412 g/mol. The highest BCUT2D eigenvalue weighted by molar-refractivity contribution is 6.34. The first-order valence-corrected chi connectivity index (χ1v) is 8.01. The van der Waals surface area contributed by atoms with Crippen molar-refractivity contribution < 1.29 is 17.6 Å². The number of hydrogen-bond donors (Lipinski definition) is 3. The van der Waals surface area contributed by atoms with Crippen molar-refractivity contribution in [2.45, 2.75) is 38.0 Å². The lowest BCUT2D eigenvalue weighted by atomic mass is 9.76. The lowest BCUT2D eigenvalue weighted by Crippen LogP contribution is -2.43. The first kappa shape index (κ1) is 20.6. The number of nitrogens with zero attached hydrogens (tertiary/aromatic N) is 1. The van der Waals surface area contributed by atoms with E-state index in [1.165, 1.54) is 6.07 Å². The fourth-order valence-electron chi connectivity index (χ4n) is 2.89. The Hall–Kier alpha value is -1.71. The highest BCUT2D eigenvalue weighted by Crippen LogP contribution is 2.42. The minimum atomic E-state index is -4.66. The minimum absolute atomic E-state index is 0. The summed E-state index contributed by atoms with van der Waals surface area (Å²) in [4.78, 5) is 11.1. The minimum Gasteiger partial charge on any atom is -0.388 e. The van der Waals surface area contributed by atoms with Crippen LogP contribution >= 0.6 is 24.0 Å². The van der Waals surface area contributed by atoms with E-state index in [4.69, 9.17) is 21.8 Å². The number of H-pyrrole nitrogens is 1. The van der Waals surface area contributed by atoms with Crippen LogP contribution in [0.3, 0.4) is 0 Å². The molecule has 1 saturated carbocycles. The zero-order valence-corrected chi connectivity index (χ0v) is 15.1. The van der Waals surface area contributed by atoms with E-state index in [9.17, 15) is 18.0 Å². The summed E-state index contributed by atoms with van der Waals surface area (Å²) in [5.41, 5.74) is 4.82. The maximum Gasteiger partial charge on any atom is 0.434 e. The van der Waals surface area contributed by atoms with Gasteiger partial charge in [-0.25, -0.2) is 9.89 Å². The van der Waals surface area contributed by atoms with Gasteiger partial charge in [0.15, 0.2) is 0 Å². The fourth-order valence-corrected chi connectivity index (χ4v) is 3.16. The third-order valence-electron chi connectivity index (χ3n) is 4.36. The molecule has 1 atom stereocenters. The summed E-state index contributed by atoms with van der Waals surface area (Å²) >= 11 is 5.97. The maximum absolute atomic E-state index is 13.3. The first-order chi connectivity index (χ1) is 11.6. The van der Waals surface area contributed by atoms with Crippen LogP contribution in [0.1, 0.15) is 25.3 Å². The number of rotatable bonds is 4. The van der Waals surface area contributed by atoms with Gasteiger partial charge >= 0.3 is 11.9 Å². The summed E-state index contributed by atoms with van der Waals surface area (Å²) < 4.78 is 44.7. The third kappa shape index (κ3) is 4.16. The van der Waals surface area contributed by atoms with Gasteiger partial charge in [0.2, 0.25) is 5.89 Å². The molecule has 1 aromatic carbocycles. The number of anilines is 1. The van der Waals surface area contributed by atoms with Gasteiger partial charge in [0.05, 0.1) is 16.3 Å². The van der Waals surface area contributed by atoms with Crippen LogP contribution in [0, 0.1) is 5.92 Å². The summed E-state index contributed by atoms with van der Waals surface area (Å²) in [6.07, 6.45) is -3.07. The van der Waals surface area contributed by atoms with Crippen LogP contribution in [-0.2, 0) is 6.18 Å². The number of hydrogen-bond acceptors (Lipinski definition) is 5. The van der Waals surface area contributed by atoms with E-state index in [1.54, 1.807) is 0 Å². The first-order valence-electron chi connectivity index (χ1n) is 7.64. The lowest BCUT2D eigenvalue weighted by molar-refractivity contribution is -0.137. The molecule has 1 aliphatic carbocycles. The quantitative estimate of drug-likeness (QED) is 0.711. The number of aromatic nitrogens is 2. The molecular weight excluding hydrogens is 396 g/mol. The molecule has 0 aliphatic heterocycles. The molecular formula is C15H17Cl2F3N4O2. The highest BCUT2D eigenvalue weighted by Gasteiger charge is 2.36. The Balaban J connectivity index is 0.00000243. The molecule has 4 N–H and O–H groups in total. The van der Waals surface area contributed by atoms with Crippen LogP contribution in [0.2, 0.25) is 5.02 Å². The molecule has 0 unspecified atom stereocenters. The molecule has 11 heteroatoms. The van der Waals surface area contributed by atoms with Crippen LogP contribution in [-0.4, -0.2) is 22.3 Å². The Kier molecular flexibility index (Phi) is 5.94. The summed E-state index contributed by atoms with van der Waals surface area (Å²) in [6.45, 7) is 1.86. The Morgan fingerprint density at radius 1 is 1.42 bits per heavy atom. The van der Waals surface area contributed by atoms with Gasteiger partial charge < -0.3 is 15.5 Å². The number of nitrogens with one attached hydrogen (secondary N) is 2. The maximum atomic E-state index is 13.3. The molecule has 1 aliphatic rings. The Bertz CT molecular complexity index is 831. The number of aromatic amines is 1. The molecule has 1 fully saturated rings. The van der Waals surface area contributed by atoms with E-state index in [-0.39, 0.29) is 47.6 Å². The van der Waals surface area contributed by atoms with Gasteiger partial charge in [-0.15, -0.1) is 17.5 Å². The van der Waals surface area contributed by atoms with Gasteiger partial charge in [-0.3, -0.25) is 0 Å². The van der Waals surface area contributed by atoms with E-state index in [1.807, 2.05) is 12.0 Å². The number of nitrogens with two attached hydrogens (primary N) is 1. The van der Waals surface area contributed by atoms with Gasteiger partial charge in [-0.1, -0.05) is 11.6 Å². The predicted octanol–water partition coefficient (Wildman–Crippen LogP) is 3.66. The highest BCUT2D eigenvalue weighted by atomic mass is 35.5. The molecule has 144 valence electrons. The molecule has 0 radical (unpaired) electrons. The second kappa shape index (κ2) is 7.50. The molecule has 2 aromatic rings. The van der Waals surface area contributed by atoms with Crippen molar-refractivity contribution in [2.24, 2.45) is 11.7 Å². The van der Waals surface area contributed by atoms with Crippen molar-refractivity contribution in [3.8, 4) is 11.5 Å². The lowest BCUT2D eigenvalue weighted by Gasteiger charge is -2.37. The zero-order valence-electron chi connectivity index (χ0n) is 13.6. The second-order valence-corrected chi connectivity index (χ2v) is 6.60. The standard InChI is InChI=1S/C15H16ClF3N4O2.ClH/c1-6(7-2-9(20)3-7)21-11-5-8(13-22-23-14(24)25-13)4-10(12(11)16)15(17,18)19;/h4-7,9,21H,2-3,20H2,1H3,(H,23,24);1H/t6-,7?,9?;/m0./s1. The van der Waals surface area contributed by atoms with Gasteiger partial charge in [-0.2, -0.15) is 13.2 Å². The Labute approximate surface area is 157 Å². The van der Waals surface area contributed by atoms with E-state index < -0.39 is 22.5 Å². The molecule has 0 bridgehead atoms. The Morgan fingerprint density at radius 3 is 2.58 bits per heavy atom. The molecule has 3 rings (SSSR count). The van der Waals surface area contributed by atoms with Crippen molar-refractivity contribution in [1.29, 1.82) is 0 Å². The number of benzene rings is 1. The second-order valence-electron chi connectivity index (χ2n) is 6.23. The normalized spacial score (nSPS) is 20.8. The predicted molar refractivity (Wildman–Crippen MR) is 93.6 cm³/mol. The third-order valence-corrected chi connectivity index (χ3v) is 4.77. The van der Waals surface area contributed by atoms with Crippen molar-refractivity contribution >= 4 is 29.7 Å². The van der Waals surface area contributed by atoms with Crippen LogP contribution in [0.5, 0.6) is 0 Å². The number of halogens is 5. The van der Waals surface area contributed by atoms with E-state index >= 15 is 0 Å². The van der Waals surface area contributed by atoms with Gasteiger partial charge in [0.1, 0.15) is 0 Å². The summed E-state index contributed by atoms with van der Waals surface area (Å²) in [6, 6.07) is 2.20. The van der Waals surface area contributed by atoms with Crippen LogP contribution < -0.4 is 16.8 Å². The average molecular weight is 413 g/mol. The van der Waals surface area contributed by atoms with E-state index in [0.29, 0.717) is 0 Å². The SMILES string of the molecule is C[C@H](Nc1cc(-c2n[nH]c(=O)o2)cc(C(F)(F)F)c1Cl)C1CC(N)C1.Cl. The van der Waals surface area contributed by atoms with E-state index in [2.05, 4.69) is 10.4 Å². The topological polar surface area (TPSA) is 96.9 Å². The van der Waals surface area contributed by atoms with Crippen molar-refractivity contribution in [3.63, 3.8) is 0 Å². The van der Waals surface area contributed by atoms with Gasteiger partial charge in [0, 0.05) is 17.6 Å². The molecule has 26 heavy (non-hydrogen) atoms. The van der Waals surface area contributed by atoms with Crippen molar-refractivity contribution in [3.05, 3.63) is 33.3 Å². The molecule has 6 nitrogen and oxygen atoms in total. The zero-order chi connectivity index (χ0) is 18.4. The van der Waals surface area contributed by atoms with E-state index in [0.717, 1.165) is 18.9 Å². The van der Waals surface area contributed by atoms with Crippen LogP contribution in [0.4, 0.5) is 18.9 Å². The van der Waals surface area contributed by atoms with Crippen LogP contribution in [0.15, 0.2) is 21.3 Å². The molecule has 0 saturated heterocycles. The number of alkyl halides is 3. The fraction of sp³-hybridized carbons (Fsp3) is 0.467. The summed E-state index contributed by atoms with van der Waals surface area (Å²) in [5.74, 6) is -0.842. The van der Waals surface area contributed by atoms with Gasteiger partial charge in [-0.05, 0) is 37.8 Å². The van der Waals surface area contributed by atoms with Gasteiger partial charge in [0.25, 0.3) is 0 Å². The Morgan fingerprint density at radius 2 is 2.08 bits per heavy atom. The average Bonchev–Trinajstić information content (AvgIpc) is 2.91.